The van der Waals surface area contributed by atoms with Crippen molar-refractivity contribution in [2.75, 3.05) is 7.05 Å². The molecule has 0 bridgehead atoms. The van der Waals surface area contributed by atoms with Crippen molar-refractivity contribution < 1.29 is 0 Å². The number of aryl methyl sites for hydroxylation is 2. The fourth-order valence-corrected chi connectivity index (χ4v) is 2.24. The van der Waals surface area contributed by atoms with E-state index < -0.39 is 0 Å². The molecule has 1 aromatic carbocycles. The van der Waals surface area contributed by atoms with Gasteiger partial charge in [-0.15, -0.1) is 0 Å². The number of hydrogen-bond acceptors (Lipinski definition) is 1. The average molecular weight is 223 g/mol. The Labute approximate surface area is 94.8 Å². The second-order valence-corrected chi connectivity index (χ2v) is 4.26. The molecule has 3 heteroatoms. The predicted octanol–water partition coefficient (Wildman–Crippen LogP) is 2.86. The fourth-order valence-electron chi connectivity index (χ4n) is 2.03. The highest BCUT2D eigenvalue weighted by atomic mass is 35.5. The van der Waals surface area contributed by atoms with Gasteiger partial charge in [-0.2, -0.15) is 0 Å². The molecule has 2 rings (SSSR count). The largest absolute Gasteiger partial charge is 0.346 e. The van der Waals surface area contributed by atoms with Crippen LogP contribution in [0.25, 0.3) is 10.9 Å². The number of aromatic nitrogens is 1. The van der Waals surface area contributed by atoms with E-state index in [1.54, 1.807) is 0 Å². The van der Waals surface area contributed by atoms with Crippen LogP contribution >= 0.6 is 11.6 Å². The third-order valence-corrected chi connectivity index (χ3v) is 3.13. The summed E-state index contributed by atoms with van der Waals surface area (Å²) in [4.78, 5) is 0. The fraction of sp³-hybridized carbons (Fsp3) is 0.333. The van der Waals surface area contributed by atoms with Crippen LogP contribution in [0, 0.1) is 6.92 Å². The molecule has 2 aromatic rings. The molecule has 0 radical (unpaired) electrons. The molecule has 0 saturated heterocycles. The third kappa shape index (κ3) is 1.64. The molecule has 0 saturated carbocycles. The van der Waals surface area contributed by atoms with Gasteiger partial charge in [0.1, 0.15) is 0 Å². The molecule has 80 valence electrons. The summed E-state index contributed by atoms with van der Waals surface area (Å²) in [7, 11) is 4.03. The Kier molecular flexibility index (Phi) is 2.72. The lowest BCUT2D eigenvalue weighted by atomic mass is 10.1. The monoisotopic (exact) mass is 222 g/mol. The number of halogens is 1. The van der Waals surface area contributed by atoms with E-state index in [2.05, 4.69) is 36.0 Å². The first kappa shape index (κ1) is 10.5. The number of benzene rings is 1. The van der Waals surface area contributed by atoms with Gasteiger partial charge in [-0.1, -0.05) is 17.7 Å². The van der Waals surface area contributed by atoms with Gasteiger partial charge in [0.2, 0.25) is 0 Å². The van der Waals surface area contributed by atoms with Gasteiger partial charge in [0.05, 0.1) is 5.52 Å². The van der Waals surface area contributed by atoms with Gasteiger partial charge in [-0.25, -0.2) is 0 Å². The zero-order valence-electron chi connectivity index (χ0n) is 9.26. The van der Waals surface area contributed by atoms with Crippen molar-refractivity contribution in [1.82, 2.24) is 9.88 Å². The molecule has 0 amide bonds. The van der Waals surface area contributed by atoms with Crippen LogP contribution in [0.2, 0.25) is 5.02 Å². The van der Waals surface area contributed by atoms with Crippen molar-refractivity contribution in [3.63, 3.8) is 0 Å². The Morgan fingerprint density at radius 1 is 1.40 bits per heavy atom. The van der Waals surface area contributed by atoms with E-state index in [-0.39, 0.29) is 0 Å². The highest BCUT2D eigenvalue weighted by Crippen LogP contribution is 2.28. The summed E-state index contributed by atoms with van der Waals surface area (Å²) in [6.45, 7) is 2.97. The third-order valence-electron chi connectivity index (χ3n) is 2.80. The SMILES string of the molecule is CNCc1cc2c(Cl)ccc(C)c2n1C. The molecule has 0 aliphatic carbocycles. The zero-order chi connectivity index (χ0) is 11.0. The molecule has 2 nitrogen and oxygen atoms in total. The smallest absolute Gasteiger partial charge is 0.0525 e. The van der Waals surface area contributed by atoms with Crippen molar-refractivity contribution in [2.24, 2.45) is 7.05 Å². The van der Waals surface area contributed by atoms with E-state index in [0.717, 1.165) is 17.0 Å². The Hall–Kier alpha value is -0.990. The van der Waals surface area contributed by atoms with Crippen LogP contribution in [0.5, 0.6) is 0 Å². The van der Waals surface area contributed by atoms with Gasteiger partial charge in [-0.05, 0) is 31.7 Å². The number of nitrogens with one attached hydrogen (secondary N) is 1. The molecule has 0 fully saturated rings. The lowest BCUT2D eigenvalue weighted by molar-refractivity contribution is 0.744. The van der Waals surface area contributed by atoms with Gasteiger partial charge >= 0.3 is 0 Å². The standard InChI is InChI=1S/C12H15ClN2/c1-8-4-5-11(13)10-6-9(7-14-2)15(3)12(8)10/h4-6,14H,7H2,1-3H3. The number of hydrogen-bond donors (Lipinski definition) is 1. The predicted molar refractivity (Wildman–Crippen MR) is 65.4 cm³/mol. The van der Waals surface area contributed by atoms with Crippen LogP contribution in [0.4, 0.5) is 0 Å². The van der Waals surface area contributed by atoms with Gasteiger partial charge in [-0.3, -0.25) is 0 Å². The molecule has 0 atom stereocenters. The first-order valence-electron chi connectivity index (χ1n) is 5.03. The van der Waals surface area contributed by atoms with Gasteiger partial charge in [0.15, 0.2) is 0 Å². The van der Waals surface area contributed by atoms with E-state index in [0.29, 0.717) is 0 Å². The van der Waals surface area contributed by atoms with Crippen molar-refractivity contribution in [2.45, 2.75) is 13.5 Å². The zero-order valence-corrected chi connectivity index (χ0v) is 10.0. The minimum atomic E-state index is 0.827. The summed E-state index contributed by atoms with van der Waals surface area (Å²) in [5.41, 5.74) is 3.75. The summed E-state index contributed by atoms with van der Waals surface area (Å²) < 4.78 is 2.20. The van der Waals surface area contributed by atoms with E-state index in [4.69, 9.17) is 11.6 Å². The molecule has 0 spiro atoms. The lowest BCUT2D eigenvalue weighted by Gasteiger charge is -2.05. The Morgan fingerprint density at radius 2 is 2.13 bits per heavy atom. The maximum absolute atomic E-state index is 6.18. The summed E-state index contributed by atoms with van der Waals surface area (Å²) in [6.07, 6.45) is 0. The maximum Gasteiger partial charge on any atom is 0.0525 e. The van der Waals surface area contributed by atoms with E-state index in [1.165, 1.54) is 16.8 Å². The molecule has 0 aliphatic rings. The first-order chi connectivity index (χ1) is 7.15. The molecular formula is C12H15ClN2. The Balaban J connectivity index is 2.75. The molecular weight excluding hydrogens is 208 g/mol. The Morgan fingerprint density at radius 3 is 2.73 bits per heavy atom. The molecule has 15 heavy (non-hydrogen) atoms. The number of fused-ring (bicyclic) bond motifs is 1. The van der Waals surface area contributed by atoms with Crippen molar-refractivity contribution in [1.29, 1.82) is 0 Å². The lowest BCUT2D eigenvalue weighted by Crippen LogP contribution is -2.08. The van der Waals surface area contributed by atoms with E-state index in [9.17, 15) is 0 Å². The maximum atomic E-state index is 6.18. The van der Waals surface area contributed by atoms with E-state index in [1.807, 2.05) is 13.1 Å². The van der Waals surface area contributed by atoms with Gasteiger partial charge in [0, 0.05) is 29.7 Å². The quantitative estimate of drug-likeness (QED) is 0.827. The van der Waals surface area contributed by atoms with Crippen molar-refractivity contribution in [3.8, 4) is 0 Å². The molecule has 1 N–H and O–H groups in total. The number of nitrogens with zero attached hydrogens (tertiary/aromatic N) is 1. The van der Waals surface area contributed by atoms with Crippen LogP contribution in [-0.4, -0.2) is 11.6 Å². The molecule has 0 unspecified atom stereocenters. The first-order valence-corrected chi connectivity index (χ1v) is 5.41. The van der Waals surface area contributed by atoms with Crippen LogP contribution in [0.3, 0.4) is 0 Å². The minimum Gasteiger partial charge on any atom is -0.346 e. The molecule has 1 aromatic heterocycles. The number of rotatable bonds is 2. The second kappa shape index (κ2) is 3.87. The second-order valence-electron chi connectivity index (χ2n) is 3.85. The summed E-state index contributed by atoms with van der Waals surface area (Å²) in [6, 6.07) is 6.18. The summed E-state index contributed by atoms with van der Waals surface area (Å²) in [5, 5.41) is 5.13. The highest BCUT2D eigenvalue weighted by Gasteiger charge is 2.09. The van der Waals surface area contributed by atoms with Gasteiger partial charge < -0.3 is 9.88 Å². The highest BCUT2D eigenvalue weighted by molar-refractivity contribution is 6.35. The van der Waals surface area contributed by atoms with E-state index >= 15 is 0 Å². The van der Waals surface area contributed by atoms with Crippen LogP contribution in [-0.2, 0) is 13.6 Å². The Bertz CT molecular complexity index is 500. The summed E-state index contributed by atoms with van der Waals surface area (Å²) >= 11 is 6.18. The topological polar surface area (TPSA) is 17.0 Å². The van der Waals surface area contributed by atoms with Crippen molar-refractivity contribution >= 4 is 22.5 Å². The van der Waals surface area contributed by atoms with Crippen molar-refractivity contribution in [3.05, 3.63) is 34.5 Å². The molecule has 1 heterocycles. The van der Waals surface area contributed by atoms with Crippen LogP contribution in [0.15, 0.2) is 18.2 Å². The average Bonchev–Trinajstić information content (AvgIpc) is 2.53. The minimum absolute atomic E-state index is 0.827. The van der Waals surface area contributed by atoms with Crippen LogP contribution < -0.4 is 5.32 Å². The normalized spacial score (nSPS) is 11.2. The van der Waals surface area contributed by atoms with Crippen LogP contribution in [0.1, 0.15) is 11.3 Å². The van der Waals surface area contributed by atoms with Gasteiger partial charge in [0.25, 0.3) is 0 Å². The molecule has 0 aliphatic heterocycles. The summed E-state index contributed by atoms with van der Waals surface area (Å²) in [5.74, 6) is 0.